The first-order valence-corrected chi connectivity index (χ1v) is 5.53. The van der Waals surface area contributed by atoms with Crippen LogP contribution in [0.3, 0.4) is 0 Å². The molecule has 0 spiro atoms. The fourth-order valence-electron chi connectivity index (χ4n) is 1.53. The van der Waals surface area contributed by atoms with Crippen LogP contribution >= 0.6 is 11.3 Å². The summed E-state index contributed by atoms with van der Waals surface area (Å²) in [4.78, 5) is 1.52. The molecular formula is C10H15NS. The minimum atomic E-state index is 0.790. The second kappa shape index (κ2) is 3.58. The van der Waals surface area contributed by atoms with Crippen molar-refractivity contribution in [2.75, 3.05) is 6.54 Å². The highest BCUT2D eigenvalue weighted by molar-refractivity contribution is 7.10. The van der Waals surface area contributed by atoms with Crippen molar-refractivity contribution in [3.8, 4) is 0 Å². The molecule has 0 saturated heterocycles. The molecule has 1 heterocycles. The lowest BCUT2D eigenvalue weighted by Gasteiger charge is -1.99. The van der Waals surface area contributed by atoms with E-state index in [1.807, 2.05) is 11.3 Å². The van der Waals surface area contributed by atoms with Crippen molar-refractivity contribution < 1.29 is 0 Å². The van der Waals surface area contributed by atoms with Crippen molar-refractivity contribution in [2.24, 2.45) is 11.7 Å². The summed E-state index contributed by atoms with van der Waals surface area (Å²) in [6, 6.07) is 2.27. The molecule has 2 rings (SSSR count). The maximum atomic E-state index is 5.54. The SMILES string of the molecule is NCCc1sccc1CC1CC1. The van der Waals surface area contributed by atoms with Gasteiger partial charge < -0.3 is 5.73 Å². The van der Waals surface area contributed by atoms with Crippen LogP contribution in [0.25, 0.3) is 0 Å². The monoisotopic (exact) mass is 181 g/mol. The summed E-state index contributed by atoms with van der Waals surface area (Å²) in [7, 11) is 0. The second-order valence-electron chi connectivity index (χ2n) is 3.56. The van der Waals surface area contributed by atoms with E-state index in [0.29, 0.717) is 0 Å². The summed E-state index contributed by atoms with van der Waals surface area (Å²) in [5.41, 5.74) is 7.10. The Balaban J connectivity index is 2.01. The lowest BCUT2D eigenvalue weighted by Crippen LogP contribution is -2.03. The summed E-state index contributed by atoms with van der Waals surface area (Å²) >= 11 is 1.86. The van der Waals surface area contributed by atoms with E-state index >= 15 is 0 Å². The van der Waals surface area contributed by atoms with Gasteiger partial charge in [-0.1, -0.05) is 0 Å². The van der Waals surface area contributed by atoms with Crippen molar-refractivity contribution in [3.05, 3.63) is 21.9 Å². The molecule has 1 aromatic heterocycles. The zero-order valence-electron chi connectivity index (χ0n) is 7.25. The van der Waals surface area contributed by atoms with Gasteiger partial charge in [-0.3, -0.25) is 0 Å². The van der Waals surface area contributed by atoms with Crippen LogP contribution in [0.15, 0.2) is 11.4 Å². The Hall–Kier alpha value is -0.340. The van der Waals surface area contributed by atoms with E-state index in [-0.39, 0.29) is 0 Å². The Labute approximate surface area is 77.6 Å². The molecule has 2 heteroatoms. The van der Waals surface area contributed by atoms with Crippen LogP contribution in [0.1, 0.15) is 23.3 Å². The molecule has 0 aliphatic heterocycles. The fraction of sp³-hybridized carbons (Fsp3) is 0.600. The molecule has 1 nitrogen and oxygen atoms in total. The number of hydrogen-bond donors (Lipinski definition) is 1. The zero-order valence-corrected chi connectivity index (χ0v) is 8.07. The van der Waals surface area contributed by atoms with Gasteiger partial charge in [0, 0.05) is 4.88 Å². The van der Waals surface area contributed by atoms with Gasteiger partial charge in [-0.15, -0.1) is 11.3 Å². The first-order valence-electron chi connectivity index (χ1n) is 4.65. The highest BCUT2D eigenvalue weighted by Gasteiger charge is 2.22. The average molecular weight is 181 g/mol. The smallest absolute Gasteiger partial charge is 0.00898 e. The van der Waals surface area contributed by atoms with Crippen molar-refractivity contribution >= 4 is 11.3 Å². The van der Waals surface area contributed by atoms with Crippen LogP contribution in [0.5, 0.6) is 0 Å². The second-order valence-corrected chi connectivity index (χ2v) is 4.56. The highest BCUT2D eigenvalue weighted by atomic mass is 32.1. The summed E-state index contributed by atoms with van der Waals surface area (Å²) in [5.74, 6) is 0.996. The quantitative estimate of drug-likeness (QED) is 0.757. The van der Waals surface area contributed by atoms with Gasteiger partial charge in [-0.2, -0.15) is 0 Å². The minimum Gasteiger partial charge on any atom is -0.330 e. The standard InChI is InChI=1S/C10H15NS/c11-5-3-10-9(4-6-12-10)7-8-1-2-8/h4,6,8H,1-3,5,7,11H2. The van der Waals surface area contributed by atoms with Gasteiger partial charge in [-0.05, 0) is 55.2 Å². The predicted octanol–water partition coefficient (Wildman–Crippen LogP) is 2.20. The van der Waals surface area contributed by atoms with E-state index < -0.39 is 0 Å². The third-order valence-corrected chi connectivity index (χ3v) is 3.44. The Morgan fingerprint density at radius 2 is 2.33 bits per heavy atom. The maximum absolute atomic E-state index is 5.54. The van der Waals surface area contributed by atoms with E-state index in [0.717, 1.165) is 18.9 Å². The van der Waals surface area contributed by atoms with Crippen molar-refractivity contribution in [1.82, 2.24) is 0 Å². The number of hydrogen-bond acceptors (Lipinski definition) is 2. The molecule has 1 fully saturated rings. The lowest BCUT2D eigenvalue weighted by molar-refractivity contribution is 0.820. The minimum absolute atomic E-state index is 0.790. The molecule has 0 radical (unpaired) electrons. The lowest BCUT2D eigenvalue weighted by atomic mass is 10.1. The first kappa shape index (κ1) is 8.27. The predicted molar refractivity (Wildman–Crippen MR) is 53.5 cm³/mol. The maximum Gasteiger partial charge on any atom is 0.00898 e. The summed E-state index contributed by atoms with van der Waals surface area (Å²) in [5, 5.41) is 2.20. The molecule has 0 unspecified atom stereocenters. The molecule has 1 aromatic rings. The summed E-state index contributed by atoms with van der Waals surface area (Å²) in [6.45, 7) is 0.790. The molecule has 1 saturated carbocycles. The normalized spacial score (nSPS) is 16.8. The largest absolute Gasteiger partial charge is 0.330 e. The van der Waals surface area contributed by atoms with E-state index in [1.54, 1.807) is 5.56 Å². The molecule has 1 aliphatic carbocycles. The van der Waals surface area contributed by atoms with E-state index in [9.17, 15) is 0 Å². The Bertz CT molecular complexity index is 250. The summed E-state index contributed by atoms with van der Waals surface area (Å²) in [6.07, 6.45) is 5.26. The molecule has 1 aliphatic rings. The van der Waals surface area contributed by atoms with Crippen LogP contribution in [0.4, 0.5) is 0 Å². The summed E-state index contributed by atoms with van der Waals surface area (Å²) < 4.78 is 0. The molecule has 2 N–H and O–H groups in total. The van der Waals surface area contributed by atoms with E-state index in [1.165, 1.54) is 24.1 Å². The average Bonchev–Trinajstić information content (AvgIpc) is 2.76. The Morgan fingerprint density at radius 1 is 1.50 bits per heavy atom. The van der Waals surface area contributed by atoms with Gasteiger partial charge in [0.15, 0.2) is 0 Å². The molecule has 12 heavy (non-hydrogen) atoms. The van der Waals surface area contributed by atoms with Gasteiger partial charge in [0.25, 0.3) is 0 Å². The van der Waals surface area contributed by atoms with Crippen LogP contribution in [0, 0.1) is 5.92 Å². The molecule has 0 amide bonds. The van der Waals surface area contributed by atoms with Crippen LogP contribution < -0.4 is 5.73 Å². The highest BCUT2D eigenvalue weighted by Crippen LogP contribution is 2.34. The van der Waals surface area contributed by atoms with Crippen molar-refractivity contribution in [3.63, 3.8) is 0 Å². The van der Waals surface area contributed by atoms with Crippen molar-refractivity contribution in [2.45, 2.75) is 25.7 Å². The van der Waals surface area contributed by atoms with Crippen LogP contribution in [-0.2, 0) is 12.8 Å². The van der Waals surface area contributed by atoms with Gasteiger partial charge in [-0.25, -0.2) is 0 Å². The molecule has 0 atom stereocenters. The Morgan fingerprint density at radius 3 is 3.00 bits per heavy atom. The topological polar surface area (TPSA) is 26.0 Å². The molecular weight excluding hydrogens is 166 g/mol. The fourth-order valence-corrected chi connectivity index (χ4v) is 2.47. The number of thiophene rings is 1. The first-order chi connectivity index (χ1) is 5.90. The molecule has 66 valence electrons. The van der Waals surface area contributed by atoms with Gasteiger partial charge in [0.2, 0.25) is 0 Å². The number of nitrogens with two attached hydrogens (primary N) is 1. The Kier molecular flexibility index (Phi) is 2.47. The number of rotatable bonds is 4. The zero-order chi connectivity index (χ0) is 8.39. The van der Waals surface area contributed by atoms with E-state index in [2.05, 4.69) is 11.4 Å². The van der Waals surface area contributed by atoms with Crippen LogP contribution in [0.2, 0.25) is 0 Å². The van der Waals surface area contributed by atoms with Gasteiger partial charge in [0.1, 0.15) is 0 Å². The third-order valence-electron chi connectivity index (χ3n) is 2.41. The molecule has 0 bridgehead atoms. The van der Waals surface area contributed by atoms with Gasteiger partial charge >= 0.3 is 0 Å². The van der Waals surface area contributed by atoms with Crippen LogP contribution in [-0.4, -0.2) is 6.54 Å². The molecule has 0 aromatic carbocycles. The van der Waals surface area contributed by atoms with Gasteiger partial charge in [0.05, 0.1) is 0 Å². The van der Waals surface area contributed by atoms with Crippen molar-refractivity contribution in [1.29, 1.82) is 0 Å². The third kappa shape index (κ3) is 1.87. The van der Waals surface area contributed by atoms with E-state index in [4.69, 9.17) is 5.73 Å².